The van der Waals surface area contributed by atoms with Crippen LogP contribution in [0.2, 0.25) is 0 Å². The zero-order chi connectivity index (χ0) is 11.8. The highest BCUT2D eigenvalue weighted by Gasteiger charge is 2.13. The van der Waals surface area contributed by atoms with Gasteiger partial charge in [-0.3, -0.25) is 9.67 Å². The molecule has 16 heavy (non-hydrogen) atoms. The molecule has 2 aromatic heterocycles. The maximum atomic E-state index is 4.48. The lowest BCUT2D eigenvalue weighted by molar-refractivity contribution is 0.587. The molecule has 0 aliphatic heterocycles. The maximum Gasteiger partial charge on any atom is 0.0733 e. The predicted octanol–water partition coefficient (Wildman–Crippen LogP) is 2.78. The second-order valence-electron chi connectivity index (χ2n) is 5.08. The minimum absolute atomic E-state index is 0.153. The number of hydrogen-bond acceptors (Lipinski definition) is 2. The van der Waals surface area contributed by atoms with Gasteiger partial charge in [-0.25, -0.2) is 0 Å². The molecule has 0 fully saturated rings. The van der Waals surface area contributed by atoms with Crippen LogP contribution in [-0.4, -0.2) is 14.8 Å². The Labute approximate surface area is 96.1 Å². The zero-order valence-electron chi connectivity index (χ0n) is 10.2. The van der Waals surface area contributed by atoms with Gasteiger partial charge in [0, 0.05) is 25.0 Å². The molecular formula is C13H17N3. The van der Waals surface area contributed by atoms with Crippen LogP contribution in [0, 0.1) is 0 Å². The number of nitrogens with zero attached hydrogens (tertiary/aromatic N) is 3. The molecule has 0 saturated carbocycles. The van der Waals surface area contributed by atoms with E-state index in [1.807, 2.05) is 25.6 Å². The van der Waals surface area contributed by atoms with Crippen molar-refractivity contribution in [2.75, 3.05) is 0 Å². The fourth-order valence-electron chi connectivity index (χ4n) is 1.56. The van der Waals surface area contributed by atoms with Gasteiger partial charge in [0.1, 0.15) is 0 Å². The third-order valence-electron chi connectivity index (χ3n) is 2.63. The largest absolute Gasteiger partial charge is 0.275 e. The van der Waals surface area contributed by atoms with Crippen LogP contribution >= 0.6 is 0 Å². The van der Waals surface area contributed by atoms with Crippen LogP contribution in [0.5, 0.6) is 0 Å². The van der Waals surface area contributed by atoms with Crippen molar-refractivity contribution in [3.8, 4) is 11.3 Å². The van der Waals surface area contributed by atoms with Crippen LogP contribution in [0.4, 0.5) is 0 Å². The summed E-state index contributed by atoms with van der Waals surface area (Å²) in [7, 11) is 1.91. The molecule has 0 saturated heterocycles. The van der Waals surface area contributed by atoms with Crippen LogP contribution in [-0.2, 0) is 12.5 Å². The molecule has 0 atom stereocenters. The Bertz CT molecular complexity index is 475. The van der Waals surface area contributed by atoms with E-state index >= 15 is 0 Å². The van der Waals surface area contributed by atoms with Gasteiger partial charge in [0.25, 0.3) is 0 Å². The Morgan fingerprint density at radius 2 is 1.88 bits per heavy atom. The average molecular weight is 215 g/mol. The molecule has 0 unspecified atom stereocenters. The van der Waals surface area contributed by atoms with E-state index in [0.29, 0.717) is 0 Å². The zero-order valence-corrected chi connectivity index (χ0v) is 10.2. The monoisotopic (exact) mass is 215 g/mol. The number of hydrogen-bond donors (Lipinski definition) is 0. The van der Waals surface area contributed by atoms with Crippen molar-refractivity contribution < 1.29 is 0 Å². The number of aromatic nitrogens is 3. The van der Waals surface area contributed by atoms with Crippen LogP contribution < -0.4 is 0 Å². The van der Waals surface area contributed by atoms with Crippen molar-refractivity contribution in [1.29, 1.82) is 0 Å². The highest BCUT2D eigenvalue weighted by atomic mass is 15.2. The fraction of sp³-hybridized carbons (Fsp3) is 0.385. The van der Waals surface area contributed by atoms with Gasteiger partial charge in [-0.1, -0.05) is 26.8 Å². The first-order valence-corrected chi connectivity index (χ1v) is 5.42. The molecule has 0 spiro atoms. The van der Waals surface area contributed by atoms with E-state index in [4.69, 9.17) is 0 Å². The Morgan fingerprint density at radius 3 is 2.31 bits per heavy atom. The summed E-state index contributed by atoms with van der Waals surface area (Å²) in [4.78, 5) is 4.48. The molecule has 2 heterocycles. The molecule has 3 heteroatoms. The maximum absolute atomic E-state index is 4.48. The third kappa shape index (κ3) is 2.13. The summed E-state index contributed by atoms with van der Waals surface area (Å²) in [6.07, 6.45) is 5.75. The normalized spacial score (nSPS) is 11.8. The molecular weight excluding hydrogens is 198 g/mol. The smallest absolute Gasteiger partial charge is 0.0733 e. The Kier molecular flexibility index (Phi) is 2.54. The van der Waals surface area contributed by atoms with E-state index in [-0.39, 0.29) is 5.41 Å². The van der Waals surface area contributed by atoms with Crippen molar-refractivity contribution in [3.63, 3.8) is 0 Å². The summed E-state index contributed by atoms with van der Waals surface area (Å²) < 4.78 is 1.79. The lowest BCUT2D eigenvalue weighted by Crippen LogP contribution is -2.11. The van der Waals surface area contributed by atoms with E-state index in [1.54, 1.807) is 4.68 Å². The lowest BCUT2D eigenvalue weighted by atomic mass is 9.88. The highest BCUT2D eigenvalue weighted by molar-refractivity contribution is 5.56. The van der Waals surface area contributed by atoms with Gasteiger partial charge in [0.05, 0.1) is 11.9 Å². The highest BCUT2D eigenvalue weighted by Crippen LogP contribution is 2.23. The second kappa shape index (κ2) is 3.74. The van der Waals surface area contributed by atoms with Crippen LogP contribution in [0.3, 0.4) is 0 Å². The van der Waals surface area contributed by atoms with E-state index in [0.717, 1.165) is 11.3 Å². The summed E-state index contributed by atoms with van der Waals surface area (Å²) in [5, 5.41) is 4.14. The SMILES string of the molecule is Cn1cc(-c2ccc(C(C)(C)C)cn2)cn1. The Hall–Kier alpha value is -1.64. The summed E-state index contributed by atoms with van der Waals surface area (Å²) in [6.45, 7) is 6.56. The average Bonchev–Trinajstić information content (AvgIpc) is 2.64. The standard InChI is InChI=1S/C13H17N3/c1-13(2,3)11-5-6-12(14-8-11)10-7-15-16(4)9-10/h5-9H,1-4H3. The van der Waals surface area contributed by atoms with E-state index < -0.39 is 0 Å². The molecule has 3 nitrogen and oxygen atoms in total. The van der Waals surface area contributed by atoms with Gasteiger partial charge in [0.2, 0.25) is 0 Å². The van der Waals surface area contributed by atoms with Gasteiger partial charge in [-0.15, -0.1) is 0 Å². The molecule has 0 aliphatic carbocycles. The lowest BCUT2D eigenvalue weighted by Gasteiger charge is -2.18. The van der Waals surface area contributed by atoms with Gasteiger partial charge in [-0.05, 0) is 17.0 Å². The first kappa shape index (κ1) is 10.9. The van der Waals surface area contributed by atoms with Gasteiger partial charge in [-0.2, -0.15) is 5.10 Å². The molecule has 84 valence electrons. The Morgan fingerprint density at radius 1 is 1.12 bits per heavy atom. The molecule has 0 amide bonds. The number of pyridine rings is 1. The van der Waals surface area contributed by atoms with Crippen molar-refractivity contribution in [3.05, 3.63) is 36.3 Å². The number of rotatable bonds is 1. The van der Waals surface area contributed by atoms with Gasteiger partial charge < -0.3 is 0 Å². The van der Waals surface area contributed by atoms with Gasteiger partial charge in [0.15, 0.2) is 0 Å². The Balaban J connectivity index is 2.33. The van der Waals surface area contributed by atoms with Crippen LogP contribution in [0.25, 0.3) is 11.3 Å². The first-order chi connectivity index (χ1) is 7.47. The van der Waals surface area contributed by atoms with Crippen LogP contribution in [0.15, 0.2) is 30.7 Å². The second-order valence-corrected chi connectivity index (χ2v) is 5.08. The van der Waals surface area contributed by atoms with Crippen LogP contribution in [0.1, 0.15) is 26.3 Å². The van der Waals surface area contributed by atoms with E-state index in [2.05, 4.69) is 43.0 Å². The minimum atomic E-state index is 0.153. The summed E-state index contributed by atoms with van der Waals surface area (Å²) in [5.41, 5.74) is 3.43. The van der Waals surface area contributed by atoms with Gasteiger partial charge >= 0.3 is 0 Å². The quantitative estimate of drug-likeness (QED) is 0.732. The summed E-state index contributed by atoms with van der Waals surface area (Å²) >= 11 is 0. The molecule has 0 bridgehead atoms. The molecule has 0 radical (unpaired) electrons. The van der Waals surface area contributed by atoms with Crippen molar-refractivity contribution in [2.45, 2.75) is 26.2 Å². The van der Waals surface area contributed by atoms with Crippen molar-refractivity contribution >= 4 is 0 Å². The molecule has 0 aliphatic rings. The topological polar surface area (TPSA) is 30.7 Å². The molecule has 0 N–H and O–H groups in total. The van der Waals surface area contributed by atoms with Crippen molar-refractivity contribution in [2.24, 2.45) is 7.05 Å². The van der Waals surface area contributed by atoms with Crippen molar-refractivity contribution in [1.82, 2.24) is 14.8 Å². The third-order valence-corrected chi connectivity index (χ3v) is 2.63. The van der Waals surface area contributed by atoms with E-state index in [9.17, 15) is 0 Å². The van der Waals surface area contributed by atoms with E-state index in [1.165, 1.54) is 5.56 Å². The minimum Gasteiger partial charge on any atom is -0.275 e. The fourth-order valence-corrected chi connectivity index (χ4v) is 1.56. The predicted molar refractivity (Wildman–Crippen MR) is 65.1 cm³/mol. The molecule has 2 aromatic rings. The summed E-state index contributed by atoms with van der Waals surface area (Å²) in [6, 6.07) is 4.19. The summed E-state index contributed by atoms with van der Waals surface area (Å²) in [5.74, 6) is 0. The number of aryl methyl sites for hydroxylation is 1. The molecule has 0 aromatic carbocycles. The first-order valence-electron chi connectivity index (χ1n) is 5.42. The molecule has 2 rings (SSSR count).